The first-order valence-corrected chi connectivity index (χ1v) is 10.4. The van der Waals surface area contributed by atoms with Crippen molar-refractivity contribution < 1.29 is 4.74 Å². The Hall–Kier alpha value is -1.86. The number of ether oxygens (including phenoxy) is 1. The monoisotopic (exact) mass is 390 g/mol. The summed E-state index contributed by atoms with van der Waals surface area (Å²) in [6.07, 6.45) is 2.20. The fraction of sp³-hybridized carbons (Fsp3) is 0.714. The molecule has 1 aromatic rings. The molecule has 7 nitrogen and oxygen atoms in total. The Morgan fingerprint density at radius 1 is 1.29 bits per heavy atom. The Morgan fingerprint density at radius 3 is 2.61 bits per heavy atom. The van der Waals surface area contributed by atoms with Gasteiger partial charge in [0, 0.05) is 58.1 Å². The molecule has 2 N–H and O–H groups in total. The molecule has 1 aliphatic heterocycles. The van der Waals surface area contributed by atoms with Gasteiger partial charge in [0.1, 0.15) is 5.82 Å². The third-order valence-electron chi connectivity index (χ3n) is 5.05. The van der Waals surface area contributed by atoms with Crippen molar-refractivity contribution in [3.05, 3.63) is 23.9 Å². The standard InChI is InChI=1S/C21H38N6O/c1-16(2)27(17(3)4)10-9-23-21(22-6)25-14-19-7-8-20(24-13-19)26-11-12-28-18(5)15-26/h7-8,13,16-18H,9-12,14-15H2,1-6H3,(H2,22,23,25). The fourth-order valence-corrected chi connectivity index (χ4v) is 3.56. The Labute approximate surface area is 170 Å². The van der Waals surface area contributed by atoms with Gasteiger partial charge >= 0.3 is 0 Å². The van der Waals surface area contributed by atoms with Crippen molar-refractivity contribution in [2.24, 2.45) is 4.99 Å². The number of nitrogens with one attached hydrogen (secondary N) is 2. The van der Waals surface area contributed by atoms with Crippen LogP contribution in [0.4, 0.5) is 5.82 Å². The molecule has 2 heterocycles. The second kappa shape index (κ2) is 11.2. The predicted octanol–water partition coefficient (Wildman–Crippen LogP) is 2.09. The van der Waals surface area contributed by atoms with Gasteiger partial charge in [-0.2, -0.15) is 0 Å². The lowest BCUT2D eigenvalue weighted by atomic mass is 10.2. The maximum atomic E-state index is 5.60. The van der Waals surface area contributed by atoms with E-state index in [0.29, 0.717) is 18.6 Å². The molecule has 0 spiro atoms. The first kappa shape index (κ1) is 22.4. The van der Waals surface area contributed by atoms with E-state index in [4.69, 9.17) is 4.74 Å². The lowest BCUT2D eigenvalue weighted by molar-refractivity contribution is 0.0529. The maximum absolute atomic E-state index is 5.60. The van der Waals surface area contributed by atoms with Crippen molar-refractivity contribution in [1.29, 1.82) is 0 Å². The van der Waals surface area contributed by atoms with E-state index >= 15 is 0 Å². The Bertz CT molecular complexity index is 593. The summed E-state index contributed by atoms with van der Waals surface area (Å²) in [5.41, 5.74) is 1.14. The second-order valence-electron chi connectivity index (χ2n) is 7.93. The van der Waals surface area contributed by atoms with E-state index in [2.05, 4.69) is 77.2 Å². The van der Waals surface area contributed by atoms with Gasteiger partial charge in [-0.1, -0.05) is 6.07 Å². The van der Waals surface area contributed by atoms with Gasteiger partial charge < -0.3 is 20.3 Å². The number of hydrogen-bond donors (Lipinski definition) is 2. The molecular weight excluding hydrogens is 352 g/mol. The highest BCUT2D eigenvalue weighted by Gasteiger charge is 2.17. The van der Waals surface area contributed by atoms with Crippen LogP contribution in [0.1, 0.15) is 40.2 Å². The van der Waals surface area contributed by atoms with E-state index in [1.807, 2.05) is 6.20 Å². The van der Waals surface area contributed by atoms with Crippen LogP contribution < -0.4 is 15.5 Å². The molecule has 7 heteroatoms. The van der Waals surface area contributed by atoms with Crippen LogP contribution in [0.5, 0.6) is 0 Å². The van der Waals surface area contributed by atoms with E-state index in [9.17, 15) is 0 Å². The van der Waals surface area contributed by atoms with Crippen LogP contribution >= 0.6 is 0 Å². The summed E-state index contributed by atoms with van der Waals surface area (Å²) in [4.78, 5) is 13.7. The van der Waals surface area contributed by atoms with Crippen LogP contribution in [-0.2, 0) is 11.3 Å². The molecule has 0 aromatic carbocycles. The number of aliphatic imine (C=N–C) groups is 1. The molecule has 2 rings (SSSR count). The Morgan fingerprint density at radius 2 is 2.04 bits per heavy atom. The maximum Gasteiger partial charge on any atom is 0.191 e. The predicted molar refractivity (Wildman–Crippen MR) is 117 cm³/mol. The minimum Gasteiger partial charge on any atom is -0.375 e. The molecule has 1 saturated heterocycles. The van der Waals surface area contributed by atoms with E-state index in [1.54, 1.807) is 7.05 Å². The van der Waals surface area contributed by atoms with Crippen molar-refractivity contribution in [1.82, 2.24) is 20.5 Å². The minimum absolute atomic E-state index is 0.258. The van der Waals surface area contributed by atoms with Crippen LogP contribution in [0, 0.1) is 0 Å². The SMILES string of the molecule is CN=C(NCCN(C(C)C)C(C)C)NCc1ccc(N2CCOC(C)C2)nc1. The molecule has 0 saturated carbocycles. The summed E-state index contributed by atoms with van der Waals surface area (Å²) in [5.74, 6) is 1.84. The van der Waals surface area contributed by atoms with Gasteiger partial charge in [-0.15, -0.1) is 0 Å². The van der Waals surface area contributed by atoms with Gasteiger partial charge in [0.05, 0.1) is 12.7 Å². The summed E-state index contributed by atoms with van der Waals surface area (Å²) in [7, 11) is 1.80. The number of guanidine groups is 1. The normalized spacial score (nSPS) is 18.2. The smallest absolute Gasteiger partial charge is 0.191 e. The molecule has 0 amide bonds. The lowest BCUT2D eigenvalue weighted by Gasteiger charge is -2.32. The zero-order valence-corrected chi connectivity index (χ0v) is 18.4. The highest BCUT2D eigenvalue weighted by atomic mass is 16.5. The highest BCUT2D eigenvalue weighted by Crippen LogP contribution is 2.15. The highest BCUT2D eigenvalue weighted by molar-refractivity contribution is 5.79. The second-order valence-corrected chi connectivity index (χ2v) is 7.93. The van der Waals surface area contributed by atoms with Gasteiger partial charge in [0.2, 0.25) is 0 Å². The molecule has 1 atom stereocenters. The summed E-state index contributed by atoms with van der Waals surface area (Å²) >= 11 is 0. The number of pyridine rings is 1. The van der Waals surface area contributed by atoms with Crippen LogP contribution in [0.15, 0.2) is 23.3 Å². The molecule has 158 valence electrons. The lowest BCUT2D eigenvalue weighted by Crippen LogP contribution is -2.45. The third kappa shape index (κ3) is 6.95. The average Bonchev–Trinajstić information content (AvgIpc) is 2.67. The summed E-state index contributed by atoms with van der Waals surface area (Å²) in [6.45, 7) is 16.2. The quantitative estimate of drug-likeness (QED) is 0.523. The molecule has 0 aliphatic carbocycles. The molecule has 1 aromatic heterocycles. The van der Waals surface area contributed by atoms with Gasteiger partial charge in [0.25, 0.3) is 0 Å². The van der Waals surface area contributed by atoms with Crippen molar-refractivity contribution in [2.45, 2.75) is 59.4 Å². The Balaban J connectivity index is 1.78. The molecule has 1 aliphatic rings. The zero-order valence-electron chi connectivity index (χ0n) is 18.4. The van der Waals surface area contributed by atoms with Crippen molar-refractivity contribution in [3.8, 4) is 0 Å². The van der Waals surface area contributed by atoms with Crippen molar-refractivity contribution in [2.75, 3.05) is 44.7 Å². The van der Waals surface area contributed by atoms with Gasteiger partial charge in [-0.05, 0) is 46.2 Å². The molecule has 1 fully saturated rings. The largest absolute Gasteiger partial charge is 0.375 e. The first-order valence-electron chi connectivity index (χ1n) is 10.4. The van der Waals surface area contributed by atoms with E-state index in [0.717, 1.165) is 50.1 Å². The molecule has 1 unspecified atom stereocenters. The van der Waals surface area contributed by atoms with Crippen LogP contribution in [-0.4, -0.2) is 73.9 Å². The fourth-order valence-electron chi connectivity index (χ4n) is 3.56. The van der Waals surface area contributed by atoms with E-state index < -0.39 is 0 Å². The number of rotatable bonds is 8. The summed E-state index contributed by atoms with van der Waals surface area (Å²) in [5, 5.41) is 6.77. The van der Waals surface area contributed by atoms with Gasteiger partial charge in [-0.3, -0.25) is 9.89 Å². The topological polar surface area (TPSA) is 65.0 Å². The number of morpholine rings is 1. The number of nitrogens with zero attached hydrogens (tertiary/aromatic N) is 4. The number of aromatic nitrogens is 1. The third-order valence-corrected chi connectivity index (χ3v) is 5.05. The zero-order chi connectivity index (χ0) is 20.5. The number of anilines is 1. The van der Waals surface area contributed by atoms with Gasteiger partial charge in [-0.25, -0.2) is 4.98 Å². The minimum atomic E-state index is 0.258. The molecule has 0 radical (unpaired) electrons. The molecule has 28 heavy (non-hydrogen) atoms. The molecule has 0 bridgehead atoms. The summed E-state index contributed by atoms with van der Waals surface area (Å²) in [6, 6.07) is 5.29. The van der Waals surface area contributed by atoms with Crippen LogP contribution in [0.2, 0.25) is 0 Å². The van der Waals surface area contributed by atoms with Crippen LogP contribution in [0.25, 0.3) is 0 Å². The average molecular weight is 391 g/mol. The van der Waals surface area contributed by atoms with E-state index in [-0.39, 0.29) is 6.10 Å². The van der Waals surface area contributed by atoms with Crippen molar-refractivity contribution >= 4 is 11.8 Å². The first-order chi connectivity index (χ1) is 13.4. The summed E-state index contributed by atoms with van der Waals surface area (Å²) < 4.78 is 5.60. The van der Waals surface area contributed by atoms with Crippen LogP contribution in [0.3, 0.4) is 0 Å². The number of hydrogen-bond acceptors (Lipinski definition) is 5. The van der Waals surface area contributed by atoms with E-state index in [1.165, 1.54) is 0 Å². The molecular formula is C21H38N6O. The Kier molecular flexibility index (Phi) is 8.99. The van der Waals surface area contributed by atoms with Crippen molar-refractivity contribution in [3.63, 3.8) is 0 Å². The van der Waals surface area contributed by atoms with Gasteiger partial charge in [0.15, 0.2) is 5.96 Å².